The van der Waals surface area contributed by atoms with Crippen molar-refractivity contribution in [2.24, 2.45) is 0 Å². The van der Waals surface area contributed by atoms with Gasteiger partial charge in [0.15, 0.2) is 0 Å². The van der Waals surface area contributed by atoms with Crippen molar-refractivity contribution in [3.8, 4) is 0 Å². The molecule has 0 saturated carbocycles. The van der Waals surface area contributed by atoms with E-state index in [1.54, 1.807) is 18.6 Å². The zero-order valence-electron chi connectivity index (χ0n) is 7.32. The van der Waals surface area contributed by atoms with Crippen LogP contribution in [0.5, 0.6) is 0 Å². The first-order valence-corrected chi connectivity index (χ1v) is 3.85. The average Bonchev–Trinajstić information content (AvgIpc) is 2.19. The molecule has 68 valence electrons. The van der Waals surface area contributed by atoms with Gasteiger partial charge in [-0.1, -0.05) is 13.8 Å². The number of nitrogens with one attached hydrogen (secondary N) is 1. The van der Waals surface area contributed by atoms with Crippen molar-refractivity contribution in [1.82, 2.24) is 15.3 Å². The van der Waals surface area contributed by atoms with Crippen LogP contribution in [0.1, 0.15) is 21.0 Å². The van der Waals surface area contributed by atoms with Gasteiger partial charge in [0.05, 0.1) is 18.4 Å². The summed E-state index contributed by atoms with van der Waals surface area (Å²) in [6, 6.07) is 0. The molecule has 0 aliphatic rings. The molecule has 0 radical (unpaired) electrons. The van der Waals surface area contributed by atoms with E-state index in [0.29, 0.717) is 13.0 Å². The fraction of sp³-hybridized carbons (Fsp3) is 0.375. The monoisotopic (exact) mass is 169 g/mol. The number of hydrogen-bond donors (Lipinski definition) is 1. The summed E-state index contributed by atoms with van der Waals surface area (Å²) in [6.07, 6.45) is 5.41. The van der Waals surface area contributed by atoms with Crippen LogP contribution in [0.2, 0.25) is 0 Å². The molecule has 0 atom stereocenters. The van der Waals surface area contributed by atoms with E-state index < -0.39 is 0 Å². The largest absolute Gasteiger partial charge is 0.353 e. The Morgan fingerprint density at radius 2 is 2.33 bits per heavy atom. The summed E-state index contributed by atoms with van der Waals surface area (Å²) >= 11 is 0. The van der Waals surface area contributed by atoms with Crippen molar-refractivity contribution in [2.45, 2.75) is 20.4 Å². The lowest BCUT2D eigenvalue weighted by atomic mass is 10.4. The van der Waals surface area contributed by atoms with E-state index in [1.165, 1.54) is 0 Å². The summed E-state index contributed by atoms with van der Waals surface area (Å²) in [6.45, 7) is 4.44. The summed E-state index contributed by atoms with van der Waals surface area (Å²) < 4.78 is 0. The third-order valence-corrected chi connectivity index (χ3v) is 0.983. The first kappa shape index (κ1) is 10.6. The molecule has 1 rings (SSSR count). The van der Waals surface area contributed by atoms with Gasteiger partial charge in [0.2, 0.25) is 6.41 Å². The molecule has 0 bridgehead atoms. The lowest BCUT2D eigenvalue weighted by molar-refractivity contribution is -0.109. The molecule has 4 nitrogen and oxygen atoms in total. The van der Waals surface area contributed by atoms with Gasteiger partial charge in [-0.2, -0.15) is 0 Å². The molecule has 0 aliphatic heterocycles. The van der Waals surface area contributed by atoms with Gasteiger partial charge in [-0.15, -0.1) is 0 Å². The number of rotatable bonds is 3. The summed E-state index contributed by atoms with van der Waals surface area (Å²) in [7, 11) is 0. The molecule has 0 unspecified atom stereocenters. The fourth-order valence-electron chi connectivity index (χ4n) is 0.567. The van der Waals surface area contributed by atoms with E-state index in [1.807, 2.05) is 13.8 Å². The van der Waals surface area contributed by atoms with Gasteiger partial charge in [-0.25, -0.2) is 0 Å². The molecular formula is C8H15N3O. The molecule has 1 heterocycles. The molecule has 0 saturated heterocycles. The van der Waals surface area contributed by atoms with Crippen LogP contribution in [0, 0.1) is 0 Å². The SMILES string of the molecule is CC.O=CNCc1cnccn1.[HH]. The third kappa shape index (κ3) is 4.38. The highest BCUT2D eigenvalue weighted by molar-refractivity contribution is 5.45. The minimum Gasteiger partial charge on any atom is -0.353 e. The van der Waals surface area contributed by atoms with Crippen molar-refractivity contribution in [1.29, 1.82) is 0 Å². The normalized spacial score (nSPS) is 7.83. The Bertz CT molecular complexity index is 206. The molecule has 1 aromatic heterocycles. The maximum absolute atomic E-state index is 9.82. The number of amides is 1. The molecule has 0 aromatic carbocycles. The van der Waals surface area contributed by atoms with E-state index in [-0.39, 0.29) is 1.43 Å². The zero-order valence-corrected chi connectivity index (χ0v) is 7.32. The van der Waals surface area contributed by atoms with Crippen molar-refractivity contribution >= 4 is 6.41 Å². The number of carbonyl (C=O) groups excluding carboxylic acids is 1. The summed E-state index contributed by atoms with van der Waals surface area (Å²) in [5.41, 5.74) is 0.759. The van der Waals surface area contributed by atoms with Gasteiger partial charge < -0.3 is 5.32 Å². The maximum atomic E-state index is 9.82. The minimum atomic E-state index is 0. The Kier molecular flexibility index (Phi) is 6.73. The Hall–Kier alpha value is -1.45. The number of hydrogen-bond acceptors (Lipinski definition) is 3. The van der Waals surface area contributed by atoms with Crippen molar-refractivity contribution < 1.29 is 6.22 Å². The van der Waals surface area contributed by atoms with Crippen LogP contribution in [0.25, 0.3) is 0 Å². The molecule has 0 fully saturated rings. The van der Waals surface area contributed by atoms with Gasteiger partial charge in [0.1, 0.15) is 0 Å². The second-order valence-electron chi connectivity index (χ2n) is 1.70. The molecule has 1 aromatic rings. The third-order valence-electron chi connectivity index (χ3n) is 0.983. The van der Waals surface area contributed by atoms with Crippen LogP contribution in [0.3, 0.4) is 0 Å². The smallest absolute Gasteiger partial charge is 0.207 e. The lowest BCUT2D eigenvalue weighted by Gasteiger charge is -1.94. The molecule has 4 heteroatoms. The first-order valence-electron chi connectivity index (χ1n) is 3.85. The van der Waals surface area contributed by atoms with Gasteiger partial charge in [-0.3, -0.25) is 14.8 Å². The van der Waals surface area contributed by atoms with Gasteiger partial charge >= 0.3 is 0 Å². The Labute approximate surface area is 73.5 Å². The van der Waals surface area contributed by atoms with Crippen LogP contribution in [-0.4, -0.2) is 16.4 Å². The zero-order chi connectivity index (χ0) is 9.23. The topological polar surface area (TPSA) is 54.9 Å². The van der Waals surface area contributed by atoms with Gasteiger partial charge in [0, 0.05) is 13.8 Å². The second kappa shape index (κ2) is 7.65. The lowest BCUT2D eigenvalue weighted by Crippen LogP contribution is -2.10. The molecular weight excluding hydrogens is 154 g/mol. The van der Waals surface area contributed by atoms with Crippen LogP contribution in [0.4, 0.5) is 0 Å². The van der Waals surface area contributed by atoms with E-state index in [0.717, 1.165) is 5.69 Å². The number of nitrogens with zero attached hydrogens (tertiary/aromatic N) is 2. The van der Waals surface area contributed by atoms with Gasteiger partial charge in [-0.05, 0) is 0 Å². The molecule has 12 heavy (non-hydrogen) atoms. The van der Waals surface area contributed by atoms with Crippen LogP contribution in [-0.2, 0) is 11.3 Å². The second-order valence-corrected chi connectivity index (χ2v) is 1.70. The molecule has 1 N–H and O–H groups in total. The van der Waals surface area contributed by atoms with E-state index in [4.69, 9.17) is 0 Å². The Balaban J connectivity index is 0. The summed E-state index contributed by atoms with van der Waals surface area (Å²) in [4.78, 5) is 17.6. The van der Waals surface area contributed by atoms with E-state index in [9.17, 15) is 4.79 Å². The van der Waals surface area contributed by atoms with Crippen LogP contribution >= 0.6 is 0 Å². The fourth-order valence-corrected chi connectivity index (χ4v) is 0.567. The van der Waals surface area contributed by atoms with Crippen molar-refractivity contribution in [2.75, 3.05) is 0 Å². The van der Waals surface area contributed by atoms with Crippen LogP contribution < -0.4 is 5.32 Å². The van der Waals surface area contributed by atoms with Gasteiger partial charge in [0.25, 0.3) is 0 Å². The maximum Gasteiger partial charge on any atom is 0.207 e. The molecule has 0 aliphatic carbocycles. The highest BCUT2D eigenvalue weighted by Gasteiger charge is 1.88. The summed E-state index contributed by atoms with van der Waals surface area (Å²) in [5, 5.41) is 2.48. The highest BCUT2D eigenvalue weighted by atomic mass is 16.1. The number of carbonyl (C=O) groups is 1. The summed E-state index contributed by atoms with van der Waals surface area (Å²) in [5.74, 6) is 0. The average molecular weight is 169 g/mol. The van der Waals surface area contributed by atoms with E-state index >= 15 is 0 Å². The van der Waals surface area contributed by atoms with Crippen LogP contribution in [0.15, 0.2) is 18.6 Å². The highest BCUT2D eigenvalue weighted by Crippen LogP contribution is 1.86. The predicted molar refractivity (Wildman–Crippen MR) is 48.4 cm³/mol. The quantitative estimate of drug-likeness (QED) is 0.686. The predicted octanol–water partition coefficient (Wildman–Crippen LogP) is 0.995. The van der Waals surface area contributed by atoms with Crippen molar-refractivity contribution in [3.05, 3.63) is 24.3 Å². The molecule has 1 amide bonds. The Morgan fingerprint density at radius 1 is 1.58 bits per heavy atom. The molecule has 0 spiro atoms. The minimum absolute atomic E-state index is 0. The van der Waals surface area contributed by atoms with Crippen molar-refractivity contribution in [3.63, 3.8) is 0 Å². The Morgan fingerprint density at radius 3 is 2.83 bits per heavy atom. The standard InChI is InChI=1S/C6H7N3O.C2H6.H2/c10-5-8-4-6-3-7-1-2-9-6;1-2;/h1-3,5H,4H2,(H,8,10);1-2H3;1H. The first-order chi connectivity index (χ1) is 5.93. The number of aromatic nitrogens is 2. The van der Waals surface area contributed by atoms with E-state index in [2.05, 4.69) is 15.3 Å².